The van der Waals surface area contributed by atoms with Gasteiger partial charge in [0, 0.05) is 33.2 Å². The quantitative estimate of drug-likeness (QED) is 0.531. The highest BCUT2D eigenvalue weighted by atomic mass is 35.5. The SMILES string of the molecule is CN1C(=O)C(=O)N(Cc2ccccc2)CC1(CCOC1CCCCO1)c1ccc(Cl)c(Cl)c1. The summed E-state index contributed by atoms with van der Waals surface area (Å²) in [5.74, 6) is -1.08. The van der Waals surface area contributed by atoms with Gasteiger partial charge in [0.1, 0.15) is 0 Å². The molecule has 0 bridgehead atoms. The van der Waals surface area contributed by atoms with E-state index in [4.69, 9.17) is 32.7 Å². The van der Waals surface area contributed by atoms with Gasteiger partial charge in [0.25, 0.3) is 0 Å². The first-order chi connectivity index (χ1) is 15.9. The lowest BCUT2D eigenvalue weighted by atomic mass is 9.82. The zero-order chi connectivity index (χ0) is 23.4. The molecular formula is C25H28Cl2N2O4. The molecule has 2 aliphatic rings. The average molecular weight is 491 g/mol. The monoisotopic (exact) mass is 490 g/mol. The maximum absolute atomic E-state index is 13.1. The van der Waals surface area contributed by atoms with Crippen molar-refractivity contribution in [3.05, 3.63) is 69.7 Å². The summed E-state index contributed by atoms with van der Waals surface area (Å²) in [6.07, 6.45) is 3.20. The smallest absolute Gasteiger partial charge is 0.312 e. The predicted molar refractivity (Wildman–Crippen MR) is 127 cm³/mol. The topological polar surface area (TPSA) is 59.1 Å². The van der Waals surface area contributed by atoms with Gasteiger partial charge in [-0.3, -0.25) is 9.59 Å². The van der Waals surface area contributed by atoms with Crippen molar-refractivity contribution < 1.29 is 19.1 Å². The number of carbonyl (C=O) groups excluding carboxylic acids is 2. The second-order valence-corrected chi connectivity index (χ2v) is 9.40. The average Bonchev–Trinajstić information content (AvgIpc) is 2.83. The summed E-state index contributed by atoms with van der Waals surface area (Å²) in [5, 5.41) is 0.835. The van der Waals surface area contributed by atoms with Crippen LogP contribution >= 0.6 is 23.2 Å². The van der Waals surface area contributed by atoms with Crippen LogP contribution in [-0.4, -0.2) is 54.7 Å². The van der Waals surface area contributed by atoms with E-state index in [0.29, 0.717) is 42.8 Å². The molecule has 0 spiro atoms. The molecule has 2 aromatic carbocycles. The van der Waals surface area contributed by atoms with Gasteiger partial charge in [-0.1, -0.05) is 59.6 Å². The van der Waals surface area contributed by atoms with E-state index in [1.54, 1.807) is 24.1 Å². The maximum Gasteiger partial charge on any atom is 0.312 e. The lowest BCUT2D eigenvalue weighted by Gasteiger charge is -2.49. The molecular weight excluding hydrogens is 463 g/mol. The van der Waals surface area contributed by atoms with Crippen molar-refractivity contribution in [3.8, 4) is 0 Å². The molecule has 0 radical (unpaired) electrons. The highest BCUT2D eigenvalue weighted by Crippen LogP contribution is 2.39. The van der Waals surface area contributed by atoms with Gasteiger partial charge < -0.3 is 19.3 Å². The standard InChI is InChI=1S/C25H28Cl2N2O4/c1-28-23(30)24(31)29(16-18-7-3-2-4-8-18)17-25(28,19-10-11-20(26)21(27)15-19)12-14-33-22-9-5-6-13-32-22/h2-4,7-8,10-11,15,22H,5-6,9,12-14,16-17H2,1H3. The fourth-order valence-corrected chi connectivity index (χ4v) is 4.86. The number of rotatable bonds is 7. The summed E-state index contributed by atoms with van der Waals surface area (Å²) in [7, 11) is 1.67. The zero-order valence-corrected chi connectivity index (χ0v) is 20.1. The van der Waals surface area contributed by atoms with Crippen LogP contribution in [0.4, 0.5) is 0 Å². The Labute approximate surface area is 204 Å². The van der Waals surface area contributed by atoms with Crippen LogP contribution in [0.1, 0.15) is 36.8 Å². The normalized spacial score (nSPS) is 23.8. The fraction of sp³-hybridized carbons (Fsp3) is 0.440. The molecule has 2 amide bonds. The van der Waals surface area contributed by atoms with E-state index in [1.165, 1.54) is 4.90 Å². The van der Waals surface area contributed by atoms with E-state index in [9.17, 15) is 9.59 Å². The summed E-state index contributed by atoms with van der Waals surface area (Å²) in [6, 6.07) is 15.0. The van der Waals surface area contributed by atoms with Gasteiger partial charge in [-0.25, -0.2) is 0 Å². The second-order valence-electron chi connectivity index (χ2n) is 8.59. The minimum atomic E-state index is -0.817. The molecule has 0 aromatic heterocycles. The summed E-state index contributed by atoms with van der Waals surface area (Å²) in [4.78, 5) is 29.2. The third-order valence-corrected chi connectivity index (χ3v) is 7.24. The Hall–Kier alpha value is -2.12. The van der Waals surface area contributed by atoms with Crippen LogP contribution in [0.2, 0.25) is 10.0 Å². The van der Waals surface area contributed by atoms with Crippen molar-refractivity contribution in [1.82, 2.24) is 9.80 Å². The molecule has 4 rings (SSSR count). The lowest BCUT2D eigenvalue weighted by molar-refractivity contribution is -0.175. The van der Waals surface area contributed by atoms with Crippen molar-refractivity contribution in [3.63, 3.8) is 0 Å². The molecule has 2 fully saturated rings. The minimum absolute atomic E-state index is 0.240. The van der Waals surface area contributed by atoms with E-state index in [0.717, 1.165) is 30.4 Å². The van der Waals surface area contributed by atoms with E-state index in [1.807, 2.05) is 36.4 Å². The fourth-order valence-electron chi connectivity index (χ4n) is 4.56. The maximum atomic E-state index is 13.1. The number of piperazine rings is 1. The molecule has 33 heavy (non-hydrogen) atoms. The number of amides is 2. The molecule has 176 valence electrons. The number of benzene rings is 2. The van der Waals surface area contributed by atoms with Crippen molar-refractivity contribution in [2.45, 2.75) is 44.1 Å². The van der Waals surface area contributed by atoms with E-state index in [-0.39, 0.29) is 6.29 Å². The number of halogens is 2. The Morgan fingerprint density at radius 3 is 2.55 bits per heavy atom. The Morgan fingerprint density at radius 1 is 1.06 bits per heavy atom. The zero-order valence-electron chi connectivity index (χ0n) is 18.6. The highest BCUT2D eigenvalue weighted by Gasteiger charge is 2.48. The third-order valence-electron chi connectivity index (χ3n) is 6.50. The van der Waals surface area contributed by atoms with Crippen LogP contribution in [0, 0.1) is 0 Å². The Balaban J connectivity index is 1.64. The summed E-state index contributed by atoms with van der Waals surface area (Å²) in [6.45, 7) is 1.72. The van der Waals surface area contributed by atoms with Crippen molar-refractivity contribution in [1.29, 1.82) is 0 Å². The molecule has 2 unspecified atom stereocenters. The predicted octanol–water partition coefficient (Wildman–Crippen LogP) is 4.62. The summed E-state index contributed by atoms with van der Waals surface area (Å²) >= 11 is 12.5. The van der Waals surface area contributed by atoms with Gasteiger partial charge >= 0.3 is 11.8 Å². The van der Waals surface area contributed by atoms with Gasteiger partial charge in [-0.05, 0) is 42.5 Å². The number of likely N-dealkylation sites (N-methyl/N-ethyl adjacent to an activating group) is 1. The van der Waals surface area contributed by atoms with Crippen molar-refractivity contribution in [2.24, 2.45) is 0 Å². The third kappa shape index (κ3) is 5.19. The van der Waals surface area contributed by atoms with Crippen LogP contribution in [0.25, 0.3) is 0 Å². The number of hydrogen-bond donors (Lipinski definition) is 0. The second kappa shape index (κ2) is 10.4. The molecule has 0 aliphatic carbocycles. The molecule has 2 atom stereocenters. The molecule has 0 N–H and O–H groups in total. The van der Waals surface area contributed by atoms with Gasteiger partial charge in [0.2, 0.25) is 0 Å². The van der Waals surface area contributed by atoms with E-state index < -0.39 is 17.4 Å². The molecule has 2 heterocycles. The molecule has 6 nitrogen and oxygen atoms in total. The van der Waals surface area contributed by atoms with Gasteiger partial charge in [-0.2, -0.15) is 0 Å². The molecule has 2 aliphatic heterocycles. The van der Waals surface area contributed by atoms with Crippen LogP contribution in [0.3, 0.4) is 0 Å². The number of ether oxygens (including phenoxy) is 2. The number of carbonyl (C=O) groups is 2. The Bertz CT molecular complexity index is 997. The number of nitrogens with zero attached hydrogens (tertiary/aromatic N) is 2. The van der Waals surface area contributed by atoms with Gasteiger partial charge in [0.15, 0.2) is 6.29 Å². The number of hydrogen-bond acceptors (Lipinski definition) is 4. The van der Waals surface area contributed by atoms with Crippen molar-refractivity contribution >= 4 is 35.0 Å². The van der Waals surface area contributed by atoms with E-state index in [2.05, 4.69) is 0 Å². The van der Waals surface area contributed by atoms with Crippen LogP contribution in [-0.2, 0) is 31.1 Å². The molecule has 2 saturated heterocycles. The first-order valence-corrected chi connectivity index (χ1v) is 12.0. The largest absolute Gasteiger partial charge is 0.353 e. The summed E-state index contributed by atoms with van der Waals surface area (Å²) in [5.41, 5.74) is 0.951. The summed E-state index contributed by atoms with van der Waals surface area (Å²) < 4.78 is 11.7. The first kappa shape index (κ1) is 24.0. The molecule has 8 heteroatoms. The minimum Gasteiger partial charge on any atom is -0.353 e. The van der Waals surface area contributed by atoms with E-state index >= 15 is 0 Å². The van der Waals surface area contributed by atoms with Crippen LogP contribution < -0.4 is 0 Å². The molecule has 0 saturated carbocycles. The van der Waals surface area contributed by atoms with Gasteiger partial charge in [-0.15, -0.1) is 0 Å². The Kier molecular flexibility index (Phi) is 7.59. The molecule has 2 aromatic rings. The Morgan fingerprint density at radius 2 is 1.85 bits per heavy atom. The highest BCUT2D eigenvalue weighted by molar-refractivity contribution is 6.42. The van der Waals surface area contributed by atoms with Crippen LogP contribution in [0.5, 0.6) is 0 Å². The van der Waals surface area contributed by atoms with Crippen LogP contribution in [0.15, 0.2) is 48.5 Å². The lowest BCUT2D eigenvalue weighted by Crippen LogP contribution is -2.64. The van der Waals surface area contributed by atoms with Crippen molar-refractivity contribution in [2.75, 3.05) is 26.8 Å². The first-order valence-electron chi connectivity index (χ1n) is 11.2. The van der Waals surface area contributed by atoms with Gasteiger partial charge in [0.05, 0.1) is 22.2 Å².